The van der Waals surface area contributed by atoms with Crippen molar-refractivity contribution in [3.8, 4) is 0 Å². The van der Waals surface area contributed by atoms with Gasteiger partial charge < -0.3 is 0 Å². The molecule has 0 aliphatic heterocycles. The fourth-order valence-corrected chi connectivity index (χ4v) is 3.26. The Morgan fingerprint density at radius 1 is 0.895 bits per heavy atom. The second-order valence-electron chi connectivity index (χ2n) is 4.82. The van der Waals surface area contributed by atoms with Gasteiger partial charge in [-0.25, -0.2) is 8.78 Å². The van der Waals surface area contributed by atoms with Crippen molar-refractivity contribution in [1.82, 2.24) is 0 Å². The third-order valence-corrected chi connectivity index (χ3v) is 4.29. The van der Waals surface area contributed by atoms with Gasteiger partial charge in [-0.1, -0.05) is 28.1 Å². The average molecular weight is 325 g/mol. The zero-order valence-electron chi connectivity index (χ0n) is 11.1. The normalized spacial score (nSPS) is 12.5. The van der Waals surface area contributed by atoms with Crippen LogP contribution in [0.3, 0.4) is 0 Å². The molecule has 0 saturated carbocycles. The number of aryl methyl sites for hydroxylation is 3. The Kier molecular flexibility index (Phi) is 4.04. The number of alkyl halides is 1. The van der Waals surface area contributed by atoms with Crippen LogP contribution in [0, 0.1) is 32.4 Å². The first-order chi connectivity index (χ1) is 8.90. The van der Waals surface area contributed by atoms with E-state index in [1.165, 1.54) is 18.2 Å². The lowest BCUT2D eigenvalue weighted by atomic mass is 9.95. The quantitative estimate of drug-likeness (QED) is 0.651. The Morgan fingerprint density at radius 3 is 2.00 bits per heavy atom. The molecule has 1 atom stereocenters. The molecule has 0 radical (unpaired) electrons. The molecule has 2 aromatic rings. The highest BCUT2D eigenvalue weighted by Gasteiger charge is 2.17. The summed E-state index contributed by atoms with van der Waals surface area (Å²) in [5.74, 6) is -0.465. The van der Waals surface area contributed by atoms with E-state index in [1.54, 1.807) is 13.0 Å². The first kappa shape index (κ1) is 14.2. The SMILES string of the molecule is Cc1ccc(C(Br)c2c(C)cc(F)cc2C)cc1F. The van der Waals surface area contributed by atoms with E-state index < -0.39 is 0 Å². The molecule has 0 nitrogen and oxygen atoms in total. The van der Waals surface area contributed by atoms with Gasteiger partial charge >= 0.3 is 0 Å². The molecule has 0 heterocycles. The number of rotatable bonds is 2. The Morgan fingerprint density at radius 2 is 1.47 bits per heavy atom. The molecule has 19 heavy (non-hydrogen) atoms. The van der Waals surface area contributed by atoms with Gasteiger partial charge in [-0.15, -0.1) is 0 Å². The maximum atomic E-state index is 13.6. The highest BCUT2D eigenvalue weighted by atomic mass is 79.9. The van der Waals surface area contributed by atoms with Crippen LogP contribution >= 0.6 is 15.9 Å². The minimum absolute atomic E-state index is 0.136. The minimum atomic E-state index is -0.242. The molecule has 3 heteroatoms. The number of hydrogen-bond acceptors (Lipinski definition) is 0. The average Bonchev–Trinajstić information content (AvgIpc) is 2.31. The predicted molar refractivity (Wildman–Crippen MR) is 77.8 cm³/mol. The van der Waals surface area contributed by atoms with Gasteiger partial charge in [0.2, 0.25) is 0 Å². The lowest BCUT2D eigenvalue weighted by molar-refractivity contribution is 0.616. The van der Waals surface area contributed by atoms with Crippen LogP contribution in [0.5, 0.6) is 0 Å². The molecule has 0 fully saturated rings. The van der Waals surface area contributed by atoms with Crippen molar-refractivity contribution < 1.29 is 8.78 Å². The van der Waals surface area contributed by atoms with Crippen LogP contribution < -0.4 is 0 Å². The Balaban J connectivity index is 2.49. The summed E-state index contributed by atoms with van der Waals surface area (Å²) in [6, 6.07) is 8.17. The second-order valence-corrected chi connectivity index (χ2v) is 5.74. The Labute approximate surface area is 120 Å². The van der Waals surface area contributed by atoms with Crippen LogP contribution in [0.15, 0.2) is 30.3 Å². The van der Waals surface area contributed by atoms with E-state index in [9.17, 15) is 8.78 Å². The third kappa shape index (κ3) is 2.86. The predicted octanol–water partition coefficient (Wildman–Crippen LogP) is 5.37. The summed E-state index contributed by atoms with van der Waals surface area (Å²) < 4.78 is 27.0. The lowest BCUT2D eigenvalue weighted by Crippen LogP contribution is -2.01. The van der Waals surface area contributed by atoms with E-state index in [4.69, 9.17) is 0 Å². The summed E-state index contributed by atoms with van der Waals surface area (Å²) in [6.45, 7) is 5.46. The standard InChI is InChI=1S/C16H15BrF2/c1-9-4-5-12(8-14(9)19)16(17)15-10(2)6-13(18)7-11(15)3/h4-8,16H,1-3H3. The summed E-state index contributed by atoms with van der Waals surface area (Å²) in [5, 5.41) is 0. The molecular weight excluding hydrogens is 310 g/mol. The van der Waals surface area contributed by atoms with Crippen molar-refractivity contribution >= 4 is 15.9 Å². The highest BCUT2D eigenvalue weighted by Crippen LogP contribution is 2.35. The Hall–Kier alpha value is -1.22. The van der Waals surface area contributed by atoms with Crippen molar-refractivity contribution in [2.75, 3.05) is 0 Å². The summed E-state index contributed by atoms with van der Waals surface area (Å²) in [7, 11) is 0. The molecular formula is C16H15BrF2. The van der Waals surface area contributed by atoms with E-state index in [0.29, 0.717) is 5.56 Å². The van der Waals surface area contributed by atoms with Gasteiger partial charge in [0.25, 0.3) is 0 Å². The highest BCUT2D eigenvalue weighted by molar-refractivity contribution is 9.09. The second kappa shape index (κ2) is 5.41. The molecule has 100 valence electrons. The fraction of sp³-hybridized carbons (Fsp3) is 0.250. The summed E-state index contributed by atoms with van der Waals surface area (Å²) in [4.78, 5) is -0.136. The monoisotopic (exact) mass is 324 g/mol. The summed E-state index contributed by atoms with van der Waals surface area (Å²) in [5.41, 5.74) is 4.17. The molecule has 0 aliphatic carbocycles. The molecule has 2 rings (SSSR count). The van der Waals surface area contributed by atoms with E-state index in [-0.39, 0.29) is 16.5 Å². The molecule has 0 amide bonds. The Bertz CT molecular complexity index is 597. The van der Waals surface area contributed by atoms with Crippen LogP contribution in [0.4, 0.5) is 8.78 Å². The maximum Gasteiger partial charge on any atom is 0.126 e. The van der Waals surface area contributed by atoms with Gasteiger partial charge in [0.05, 0.1) is 4.83 Å². The van der Waals surface area contributed by atoms with Crippen molar-refractivity contribution in [3.05, 3.63) is 69.8 Å². The third-order valence-electron chi connectivity index (χ3n) is 3.30. The lowest BCUT2D eigenvalue weighted by Gasteiger charge is -2.17. The number of halogens is 3. The molecule has 0 bridgehead atoms. The molecule has 0 N–H and O–H groups in total. The summed E-state index contributed by atoms with van der Waals surface area (Å²) >= 11 is 3.59. The van der Waals surface area contributed by atoms with Gasteiger partial charge in [-0.2, -0.15) is 0 Å². The fourth-order valence-electron chi connectivity index (χ4n) is 2.26. The van der Waals surface area contributed by atoms with Crippen LogP contribution in [-0.2, 0) is 0 Å². The summed E-state index contributed by atoms with van der Waals surface area (Å²) in [6.07, 6.45) is 0. The van der Waals surface area contributed by atoms with Gasteiger partial charge in [-0.3, -0.25) is 0 Å². The van der Waals surface area contributed by atoms with E-state index >= 15 is 0 Å². The number of benzene rings is 2. The van der Waals surface area contributed by atoms with Crippen molar-refractivity contribution in [2.24, 2.45) is 0 Å². The van der Waals surface area contributed by atoms with Gasteiger partial charge in [0.15, 0.2) is 0 Å². The molecule has 0 aliphatic rings. The van der Waals surface area contributed by atoms with Gasteiger partial charge in [0.1, 0.15) is 11.6 Å². The van der Waals surface area contributed by atoms with Gasteiger partial charge in [-0.05, 0) is 66.8 Å². The van der Waals surface area contributed by atoms with Gasteiger partial charge in [0, 0.05) is 0 Å². The molecule has 0 saturated heterocycles. The zero-order valence-corrected chi connectivity index (χ0v) is 12.7. The van der Waals surface area contributed by atoms with Crippen molar-refractivity contribution in [3.63, 3.8) is 0 Å². The van der Waals surface area contributed by atoms with Crippen LogP contribution in [0.2, 0.25) is 0 Å². The first-order valence-electron chi connectivity index (χ1n) is 6.07. The minimum Gasteiger partial charge on any atom is -0.207 e. The van der Waals surface area contributed by atoms with Crippen LogP contribution in [-0.4, -0.2) is 0 Å². The van der Waals surface area contributed by atoms with Crippen molar-refractivity contribution in [1.29, 1.82) is 0 Å². The van der Waals surface area contributed by atoms with E-state index in [0.717, 1.165) is 22.3 Å². The smallest absolute Gasteiger partial charge is 0.126 e. The van der Waals surface area contributed by atoms with Crippen molar-refractivity contribution in [2.45, 2.75) is 25.6 Å². The van der Waals surface area contributed by atoms with E-state index in [2.05, 4.69) is 15.9 Å². The molecule has 0 spiro atoms. The number of hydrogen-bond donors (Lipinski definition) is 0. The topological polar surface area (TPSA) is 0 Å². The first-order valence-corrected chi connectivity index (χ1v) is 6.98. The molecule has 2 aromatic carbocycles. The van der Waals surface area contributed by atoms with Crippen LogP contribution in [0.1, 0.15) is 32.6 Å². The largest absolute Gasteiger partial charge is 0.207 e. The molecule has 0 aromatic heterocycles. The molecule has 1 unspecified atom stereocenters. The maximum absolute atomic E-state index is 13.6. The van der Waals surface area contributed by atoms with E-state index in [1.807, 2.05) is 19.9 Å². The van der Waals surface area contributed by atoms with Crippen LogP contribution in [0.25, 0.3) is 0 Å². The zero-order chi connectivity index (χ0) is 14.2.